The van der Waals surface area contributed by atoms with Crippen LogP contribution in [0.2, 0.25) is 0 Å². The highest BCUT2D eigenvalue weighted by Crippen LogP contribution is 2.54. The van der Waals surface area contributed by atoms with E-state index in [0.29, 0.717) is 24.6 Å². The predicted molar refractivity (Wildman–Crippen MR) is 81.7 cm³/mol. The topological polar surface area (TPSA) is 79.8 Å². The molecule has 0 saturated carbocycles. The van der Waals surface area contributed by atoms with Crippen LogP contribution in [0.4, 0.5) is 5.88 Å². The molecule has 5 rings (SSSR count). The number of hydrogen-bond donors (Lipinski definition) is 0. The SMILES string of the molecule is CCCC12CN3CC(C)(CN(C1)C3c1ccc([N+](=O)[O-])o1)C2=O. The molecular weight excluding hydrogens is 298 g/mol. The summed E-state index contributed by atoms with van der Waals surface area (Å²) >= 11 is 0. The summed E-state index contributed by atoms with van der Waals surface area (Å²) in [5.41, 5.74) is -0.615. The molecule has 1 aromatic rings. The summed E-state index contributed by atoms with van der Waals surface area (Å²) in [6.45, 7) is 7.03. The molecule has 23 heavy (non-hydrogen) atoms. The van der Waals surface area contributed by atoms with Gasteiger partial charge in [0, 0.05) is 26.2 Å². The van der Waals surface area contributed by atoms with Crippen LogP contribution < -0.4 is 0 Å². The lowest BCUT2D eigenvalue weighted by atomic mass is 9.59. The second-order valence-electron chi connectivity index (χ2n) is 7.54. The molecule has 0 spiro atoms. The van der Waals surface area contributed by atoms with Crippen LogP contribution in [0.3, 0.4) is 0 Å². The summed E-state index contributed by atoms with van der Waals surface area (Å²) in [6.07, 6.45) is 1.80. The Morgan fingerprint density at radius 3 is 2.48 bits per heavy atom. The quantitative estimate of drug-likeness (QED) is 0.625. The first-order valence-electron chi connectivity index (χ1n) is 8.16. The van der Waals surface area contributed by atoms with E-state index in [0.717, 1.165) is 25.9 Å². The van der Waals surface area contributed by atoms with Gasteiger partial charge in [-0.15, -0.1) is 0 Å². The molecule has 4 aliphatic heterocycles. The third-order valence-corrected chi connectivity index (χ3v) is 5.61. The summed E-state index contributed by atoms with van der Waals surface area (Å²) in [4.78, 5) is 27.9. The molecule has 2 unspecified atom stereocenters. The third kappa shape index (κ3) is 1.93. The number of piperidine rings is 2. The molecule has 0 radical (unpaired) electrons. The first-order valence-corrected chi connectivity index (χ1v) is 8.16. The van der Waals surface area contributed by atoms with Crippen molar-refractivity contribution in [3.05, 3.63) is 28.0 Å². The summed E-state index contributed by atoms with van der Waals surface area (Å²) in [7, 11) is 0. The van der Waals surface area contributed by atoms with Gasteiger partial charge in [0.2, 0.25) is 0 Å². The highest BCUT2D eigenvalue weighted by molar-refractivity contribution is 5.93. The molecule has 4 aliphatic rings. The van der Waals surface area contributed by atoms with Crippen molar-refractivity contribution in [1.29, 1.82) is 0 Å². The van der Waals surface area contributed by atoms with Crippen LogP contribution in [0, 0.1) is 20.9 Å². The smallest absolute Gasteiger partial charge is 0.403 e. The molecule has 0 N–H and O–H groups in total. The average molecular weight is 319 g/mol. The van der Waals surface area contributed by atoms with E-state index in [-0.39, 0.29) is 22.9 Å². The van der Waals surface area contributed by atoms with Crippen molar-refractivity contribution in [2.24, 2.45) is 10.8 Å². The summed E-state index contributed by atoms with van der Waals surface area (Å²) < 4.78 is 5.46. The first-order chi connectivity index (χ1) is 10.9. The zero-order valence-electron chi connectivity index (χ0n) is 13.4. The van der Waals surface area contributed by atoms with E-state index in [1.807, 2.05) is 0 Å². The molecule has 1 aromatic heterocycles. The number of carbonyl (C=O) groups is 1. The minimum Gasteiger partial charge on any atom is -0.403 e. The Balaban J connectivity index is 1.70. The normalized spacial score (nSPS) is 41.5. The van der Waals surface area contributed by atoms with Crippen LogP contribution in [0.1, 0.15) is 38.6 Å². The van der Waals surface area contributed by atoms with Gasteiger partial charge in [-0.05, 0) is 12.5 Å². The van der Waals surface area contributed by atoms with Crippen LogP contribution in [-0.4, -0.2) is 46.7 Å². The number of ketones is 1. The van der Waals surface area contributed by atoms with Crippen molar-refractivity contribution in [3.63, 3.8) is 0 Å². The van der Waals surface area contributed by atoms with Crippen molar-refractivity contribution >= 4 is 11.7 Å². The standard InChI is InChI=1S/C16H21N3O4/c1-3-6-16-9-17-7-15(2,14(16)20)8-18(10-16)13(17)11-4-5-12(23-11)19(21)22/h4-5,13H,3,6-10H2,1-2H3. The van der Waals surface area contributed by atoms with Gasteiger partial charge in [0.15, 0.2) is 0 Å². The van der Waals surface area contributed by atoms with Gasteiger partial charge >= 0.3 is 5.88 Å². The average Bonchev–Trinajstić information content (AvgIpc) is 2.93. The predicted octanol–water partition coefficient (Wildman–Crippen LogP) is 2.19. The van der Waals surface area contributed by atoms with E-state index >= 15 is 0 Å². The van der Waals surface area contributed by atoms with Gasteiger partial charge < -0.3 is 4.42 Å². The monoisotopic (exact) mass is 319 g/mol. The second-order valence-corrected chi connectivity index (χ2v) is 7.54. The maximum absolute atomic E-state index is 13.0. The molecule has 5 heterocycles. The van der Waals surface area contributed by atoms with Crippen molar-refractivity contribution in [3.8, 4) is 0 Å². The Labute approximate surface area is 134 Å². The Morgan fingerprint density at radius 1 is 1.30 bits per heavy atom. The van der Waals surface area contributed by atoms with Gasteiger partial charge in [-0.3, -0.25) is 24.7 Å². The van der Waals surface area contributed by atoms with Crippen molar-refractivity contribution in [2.75, 3.05) is 26.2 Å². The summed E-state index contributed by atoms with van der Waals surface area (Å²) in [5.74, 6) is 0.795. The molecule has 4 fully saturated rings. The van der Waals surface area contributed by atoms with E-state index < -0.39 is 4.92 Å². The Bertz CT molecular complexity index is 667. The van der Waals surface area contributed by atoms with Crippen molar-refractivity contribution in [1.82, 2.24) is 9.80 Å². The number of hydrogen-bond acceptors (Lipinski definition) is 6. The lowest BCUT2D eigenvalue weighted by Crippen LogP contribution is -2.76. The maximum Gasteiger partial charge on any atom is 0.433 e. The number of furan rings is 1. The Kier molecular flexibility index (Phi) is 2.99. The summed E-state index contributed by atoms with van der Waals surface area (Å²) in [5, 5.41) is 10.9. The lowest BCUT2D eigenvalue weighted by molar-refractivity contribution is -0.402. The van der Waals surface area contributed by atoms with Crippen LogP contribution in [-0.2, 0) is 4.79 Å². The van der Waals surface area contributed by atoms with Gasteiger partial charge in [-0.2, -0.15) is 0 Å². The fourth-order valence-corrected chi connectivity index (χ4v) is 5.08. The molecule has 0 aliphatic carbocycles. The highest BCUT2D eigenvalue weighted by Gasteiger charge is 2.63. The minimum atomic E-state index is -0.506. The summed E-state index contributed by atoms with van der Waals surface area (Å²) in [6, 6.07) is 3.11. The number of rotatable bonds is 4. The molecule has 4 bridgehead atoms. The van der Waals surface area contributed by atoms with Crippen molar-refractivity contribution in [2.45, 2.75) is 32.9 Å². The zero-order chi connectivity index (χ0) is 16.4. The van der Waals surface area contributed by atoms with Crippen LogP contribution in [0.25, 0.3) is 0 Å². The van der Waals surface area contributed by atoms with Crippen LogP contribution in [0.5, 0.6) is 0 Å². The molecule has 4 saturated heterocycles. The van der Waals surface area contributed by atoms with Crippen molar-refractivity contribution < 1.29 is 14.1 Å². The van der Waals surface area contributed by atoms with Crippen LogP contribution >= 0.6 is 0 Å². The van der Waals surface area contributed by atoms with Gasteiger partial charge in [0.25, 0.3) is 0 Å². The van der Waals surface area contributed by atoms with Gasteiger partial charge in [0.1, 0.15) is 22.6 Å². The minimum absolute atomic E-state index is 0.0881. The number of nitrogens with zero attached hydrogens (tertiary/aromatic N) is 3. The Morgan fingerprint density at radius 2 is 1.96 bits per heavy atom. The van der Waals surface area contributed by atoms with E-state index in [9.17, 15) is 14.9 Å². The number of Topliss-reactive ketones (excluding diaryl/α,β-unsaturated/α-hetero) is 1. The van der Waals surface area contributed by atoms with E-state index in [2.05, 4.69) is 23.6 Å². The molecule has 7 nitrogen and oxygen atoms in total. The fourth-order valence-electron chi connectivity index (χ4n) is 5.08. The molecule has 0 amide bonds. The van der Waals surface area contributed by atoms with Gasteiger partial charge in [0.05, 0.1) is 16.9 Å². The molecule has 124 valence electrons. The maximum atomic E-state index is 13.0. The molecular formula is C16H21N3O4. The zero-order valence-corrected chi connectivity index (χ0v) is 13.4. The highest BCUT2D eigenvalue weighted by atomic mass is 16.6. The Hall–Kier alpha value is -1.73. The van der Waals surface area contributed by atoms with E-state index in [4.69, 9.17) is 4.42 Å². The lowest BCUT2D eigenvalue weighted by Gasteiger charge is -2.65. The number of carbonyl (C=O) groups excluding carboxylic acids is 1. The third-order valence-electron chi connectivity index (χ3n) is 5.61. The largest absolute Gasteiger partial charge is 0.433 e. The van der Waals surface area contributed by atoms with E-state index in [1.54, 1.807) is 6.07 Å². The first kappa shape index (κ1) is 14.8. The van der Waals surface area contributed by atoms with Crippen LogP contribution in [0.15, 0.2) is 16.5 Å². The van der Waals surface area contributed by atoms with Gasteiger partial charge in [-0.1, -0.05) is 20.3 Å². The number of nitro groups is 1. The van der Waals surface area contributed by atoms with E-state index in [1.165, 1.54) is 6.07 Å². The molecule has 0 aromatic carbocycles. The van der Waals surface area contributed by atoms with Gasteiger partial charge in [-0.25, -0.2) is 0 Å². The molecule has 2 atom stereocenters. The second kappa shape index (κ2) is 4.64. The fraction of sp³-hybridized carbons (Fsp3) is 0.688. The molecule has 7 heteroatoms.